The van der Waals surface area contributed by atoms with Crippen molar-refractivity contribution in [3.8, 4) is 39.8 Å². The van der Waals surface area contributed by atoms with E-state index in [1.54, 1.807) is 24.4 Å². The van der Waals surface area contributed by atoms with Crippen LogP contribution in [0.4, 0.5) is 0 Å². The number of pyridine rings is 2. The number of aryl methyl sites for hydroxylation is 2. The predicted octanol–water partition coefficient (Wildman–Crippen LogP) is 10.2. The molecule has 0 saturated carbocycles. The molecule has 320 valence electrons. The lowest BCUT2D eigenvalue weighted by atomic mass is 9.89. The van der Waals surface area contributed by atoms with E-state index >= 15 is 0 Å². The Labute approximate surface area is 370 Å². The number of nitrogens with zero attached hydrogens (tertiary/aromatic N) is 3. The molecule has 0 saturated heterocycles. The van der Waals surface area contributed by atoms with Crippen molar-refractivity contribution in [1.29, 1.82) is 5.26 Å². The highest BCUT2D eigenvalue weighted by Gasteiger charge is 2.18. The first-order valence-electron chi connectivity index (χ1n) is 20.3. The summed E-state index contributed by atoms with van der Waals surface area (Å²) in [5.74, 6) is -1.17. The molecule has 11 nitrogen and oxygen atoms in total. The average molecular weight is 877 g/mol. The Morgan fingerprint density at radius 2 is 1.37 bits per heavy atom. The van der Waals surface area contributed by atoms with E-state index in [1.165, 1.54) is 6.20 Å². The van der Waals surface area contributed by atoms with Crippen LogP contribution in [0, 0.1) is 25.2 Å². The van der Waals surface area contributed by atoms with E-state index in [2.05, 4.69) is 49.2 Å². The number of rotatable bonds is 20. The molecule has 0 aliphatic rings. The maximum atomic E-state index is 11.1. The van der Waals surface area contributed by atoms with Crippen LogP contribution in [0.15, 0.2) is 91.4 Å². The molecule has 0 radical (unpaired) electrons. The fourth-order valence-corrected chi connectivity index (χ4v) is 8.10. The number of halogens is 2. The average Bonchev–Trinajstić information content (AvgIpc) is 3.23. The molecule has 13 heteroatoms. The largest absolute Gasteiger partial charge is 0.488 e. The maximum Gasteiger partial charge on any atom is 0.305 e. The van der Waals surface area contributed by atoms with Gasteiger partial charge in [0, 0.05) is 41.2 Å². The van der Waals surface area contributed by atoms with Crippen LogP contribution in [-0.4, -0.2) is 54.5 Å². The molecule has 4 N–H and O–H groups in total. The van der Waals surface area contributed by atoms with E-state index < -0.39 is 24.1 Å². The van der Waals surface area contributed by atoms with Gasteiger partial charge in [-0.15, -0.1) is 0 Å². The highest BCUT2D eigenvalue weighted by Crippen LogP contribution is 2.38. The molecule has 0 aliphatic heterocycles. The van der Waals surface area contributed by atoms with Crippen molar-refractivity contribution < 1.29 is 39.5 Å². The molecule has 0 bridgehead atoms. The standard InChI is InChI=1S/C49H47Cl2N3O8/c1-29-35(28-62-46-22-45(61-27-33-15-32(23-52)24-53-25-33)34(19-43(46)50)8-4-11-39(56)21-48(59)60)9-5-13-41(29)42-14-6-12-40(30(42)2)37-18-36-16-31(17-44(51)49(36)54-26-37)7-3-10-38(55)20-47(57)58/h5-6,9,12-19,22,24-26,38-39,55-56H,3-4,7-8,10-11,20-21,27-28H2,1-2H3,(H,57,58)(H,59,60)/t38-,39-/m1/s1. The number of carboxylic acids is 2. The minimum atomic E-state index is -1.06. The van der Waals surface area contributed by atoms with Crippen LogP contribution in [0.25, 0.3) is 33.2 Å². The van der Waals surface area contributed by atoms with Gasteiger partial charge in [-0.1, -0.05) is 59.6 Å². The summed E-state index contributed by atoms with van der Waals surface area (Å²) in [6, 6.07) is 25.6. The second-order valence-electron chi connectivity index (χ2n) is 15.4. The lowest BCUT2D eigenvalue weighted by Gasteiger charge is -2.18. The highest BCUT2D eigenvalue weighted by atomic mass is 35.5. The summed E-state index contributed by atoms with van der Waals surface area (Å²) >= 11 is 13.5. The molecule has 2 atom stereocenters. The predicted molar refractivity (Wildman–Crippen MR) is 239 cm³/mol. The summed E-state index contributed by atoms with van der Waals surface area (Å²) in [6.45, 7) is 4.49. The van der Waals surface area contributed by atoms with Crippen LogP contribution in [0.3, 0.4) is 0 Å². The second-order valence-corrected chi connectivity index (χ2v) is 16.2. The molecular formula is C49H47Cl2N3O8. The van der Waals surface area contributed by atoms with Gasteiger partial charge in [0.1, 0.15) is 30.8 Å². The Morgan fingerprint density at radius 1 is 0.710 bits per heavy atom. The number of carboxylic acid groups (broad SMARTS) is 2. The molecule has 0 spiro atoms. The second kappa shape index (κ2) is 21.2. The summed E-state index contributed by atoms with van der Waals surface area (Å²) in [4.78, 5) is 30.9. The van der Waals surface area contributed by atoms with E-state index in [-0.39, 0.29) is 32.5 Å². The SMILES string of the molecule is Cc1c(COc2cc(OCc3cncc(C#N)c3)c(CCC[C@@H](O)CC(=O)O)cc2Cl)cccc1-c1cccc(-c2cnc3c(Cl)cc(CCC[C@@H](O)CC(=O)O)cc3c2)c1C. The number of nitriles is 1. The number of hydrogen-bond acceptors (Lipinski definition) is 9. The van der Waals surface area contributed by atoms with Crippen LogP contribution in [0.2, 0.25) is 10.0 Å². The molecule has 0 fully saturated rings. The topological polar surface area (TPSA) is 183 Å². The summed E-state index contributed by atoms with van der Waals surface area (Å²) < 4.78 is 12.6. The van der Waals surface area contributed by atoms with Gasteiger partial charge in [0.15, 0.2) is 0 Å². The van der Waals surface area contributed by atoms with E-state index in [0.29, 0.717) is 70.3 Å². The Balaban J connectivity index is 1.21. The zero-order valence-electron chi connectivity index (χ0n) is 34.4. The van der Waals surface area contributed by atoms with Crippen molar-refractivity contribution >= 4 is 46.0 Å². The molecule has 6 aromatic rings. The Hall–Kier alpha value is -6.03. The normalized spacial score (nSPS) is 12.1. The van der Waals surface area contributed by atoms with E-state index in [4.69, 9.17) is 47.9 Å². The molecule has 62 heavy (non-hydrogen) atoms. The monoisotopic (exact) mass is 875 g/mol. The van der Waals surface area contributed by atoms with Crippen LogP contribution in [0.5, 0.6) is 11.5 Å². The molecular weight excluding hydrogens is 829 g/mol. The van der Waals surface area contributed by atoms with Crippen molar-refractivity contribution in [3.63, 3.8) is 0 Å². The maximum absolute atomic E-state index is 11.1. The molecule has 4 aromatic carbocycles. The third-order valence-electron chi connectivity index (χ3n) is 10.8. The molecule has 0 aliphatic carbocycles. The van der Waals surface area contributed by atoms with E-state index in [1.807, 2.05) is 36.5 Å². The lowest BCUT2D eigenvalue weighted by Crippen LogP contribution is -2.13. The zero-order chi connectivity index (χ0) is 44.3. The molecule has 0 unspecified atom stereocenters. The first kappa shape index (κ1) is 45.5. The van der Waals surface area contributed by atoms with Crippen molar-refractivity contribution in [2.75, 3.05) is 0 Å². The van der Waals surface area contributed by atoms with Crippen molar-refractivity contribution in [2.45, 2.75) is 90.6 Å². The molecule has 0 amide bonds. The zero-order valence-corrected chi connectivity index (χ0v) is 35.9. The Bertz CT molecular complexity index is 2630. The number of carbonyl (C=O) groups is 2. The van der Waals surface area contributed by atoms with Gasteiger partial charge in [-0.2, -0.15) is 5.26 Å². The first-order valence-corrected chi connectivity index (χ1v) is 21.0. The van der Waals surface area contributed by atoms with E-state index in [9.17, 15) is 25.1 Å². The first-order chi connectivity index (χ1) is 29.8. The number of aromatic nitrogens is 2. The highest BCUT2D eigenvalue weighted by molar-refractivity contribution is 6.35. The van der Waals surface area contributed by atoms with Crippen LogP contribution in [0.1, 0.15) is 77.5 Å². The Kier molecular flexibility index (Phi) is 15.5. The van der Waals surface area contributed by atoms with Gasteiger partial charge in [0.25, 0.3) is 0 Å². The van der Waals surface area contributed by atoms with Gasteiger partial charge < -0.3 is 29.9 Å². The molecule has 2 heterocycles. The van der Waals surface area contributed by atoms with Gasteiger partial charge in [-0.25, -0.2) is 0 Å². The van der Waals surface area contributed by atoms with Crippen molar-refractivity contribution in [1.82, 2.24) is 9.97 Å². The van der Waals surface area contributed by atoms with Crippen LogP contribution < -0.4 is 9.47 Å². The summed E-state index contributed by atoms with van der Waals surface area (Å²) in [6.07, 6.45) is 5.34. The fourth-order valence-electron chi connectivity index (χ4n) is 7.57. The third-order valence-corrected chi connectivity index (χ3v) is 11.4. The van der Waals surface area contributed by atoms with Crippen molar-refractivity contribution in [3.05, 3.63) is 140 Å². The van der Waals surface area contributed by atoms with Gasteiger partial charge in [-0.3, -0.25) is 19.6 Å². The minimum Gasteiger partial charge on any atom is -0.488 e. The summed E-state index contributed by atoms with van der Waals surface area (Å²) in [5.41, 5.74) is 10.6. The quantitative estimate of drug-likeness (QED) is 0.0573. The molecule has 6 rings (SSSR count). The van der Waals surface area contributed by atoms with E-state index in [0.717, 1.165) is 55.5 Å². The number of aliphatic hydroxyl groups excluding tert-OH is 2. The number of hydrogen-bond donors (Lipinski definition) is 4. The third kappa shape index (κ3) is 11.9. The van der Waals surface area contributed by atoms with Crippen molar-refractivity contribution in [2.24, 2.45) is 0 Å². The number of aliphatic hydroxyl groups is 2. The minimum absolute atomic E-state index is 0.130. The van der Waals surface area contributed by atoms with Gasteiger partial charge >= 0.3 is 11.9 Å². The summed E-state index contributed by atoms with van der Waals surface area (Å²) in [7, 11) is 0. The van der Waals surface area contributed by atoms with Crippen LogP contribution in [-0.2, 0) is 35.6 Å². The number of aliphatic carboxylic acids is 2. The van der Waals surface area contributed by atoms with Crippen LogP contribution >= 0.6 is 23.2 Å². The molecule has 2 aromatic heterocycles. The Morgan fingerprint density at radius 3 is 2.08 bits per heavy atom. The number of ether oxygens (including phenoxy) is 2. The fraction of sp³-hybridized carbons (Fsp3) is 0.286. The lowest BCUT2D eigenvalue weighted by molar-refractivity contribution is -0.140. The number of benzene rings is 4. The van der Waals surface area contributed by atoms with Gasteiger partial charge in [0.2, 0.25) is 0 Å². The van der Waals surface area contributed by atoms with Gasteiger partial charge in [-0.05, 0) is 127 Å². The number of fused-ring (bicyclic) bond motifs is 1. The summed E-state index contributed by atoms with van der Waals surface area (Å²) in [5, 5.41) is 49.3. The smallest absolute Gasteiger partial charge is 0.305 e. The van der Waals surface area contributed by atoms with Gasteiger partial charge in [0.05, 0.1) is 46.2 Å².